The predicted octanol–water partition coefficient (Wildman–Crippen LogP) is 2.57. The molecule has 21 heavy (non-hydrogen) atoms. The van der Waals surface area contributed by atoms with E-state index in [-0.39, 0.29) is 6.42 Å². The average Bonchev–Trinajstić information content (AvgIpc) is 2.47. The molecule has 3 N–H and O–H groups in total. The van der Waals surface area contributed by atoms with E-state index in [0.29, 0.717) is 13.2 Å². The van der Waals surface area contributed by atoms with E-state index in [4.69, 9.17) is 20.3 Å². The lowest BCUT2D eigenvalue weighted by molar-refractivity contribution is -0.137. The van der Waals surface area contributed by atoms with Crippen molar-refractivity contribution in [3.63, 3.8) is 0 Å². The van der Waals surface area contributed by atoms with E-state index in [9.17, 15) is 4.79 Å². The number of halogens is 1. The monoisotopic (exact) mass is 355 g/mol. The molecular formula is C15H18BrNO4. The maximum Gasteiger partial charge on any atom is 0.305 e. The summed E-state index contributed by atoms with van der Waals surface area (Å²) in [6.07, 6.45) is 3.47. The molecule has 0 bridgehead atoms. The second-order valence-electron chi connectivity index (χ2n) is 5.45. The van der Waals surface area contributed by atoms with Crippen LogP contribution in [-0.2, 0) is 17.6 Å². The number of carboxylic acids is 1. The van der Waals surface area contributed by atoms with Crippen LogP contribution in [-0.4, -0.2) is 24.3 Å². The first kappa shape index (κ1) is 14.7. The van der Waals surface area contributed by atoms with Crippen molar-refractivity contribution in [1.29, 1.82) is 0 Å². The molecule has 0 aromatic heterocycles. The summed E-state index contributed by atoms with van der Waals surface area (Å²) in [5.74, 6) is 0.688. The topological polar surface area (TPSA) is 81.8 Å². The molecule has 1 unspecified atom stereocenters. The van der Waals surface area contributed by atoms with Crippen LogP contribution in [0.2, 0.25) is 0 Å². The Morgan fingerprint density at radius 2 is 1.81 bits per heavy atom. The van der Waals surface area contributed by atoms with Crippen LogP contribution in [0, 0.1) is 0 Å². The minimum absolute atomic E-state index is 0.107. The lowest BCUT2D eigenvalue weighted by Gasteiger charge is -2.31. The van der Waals surface area contributed by atoms with E-state index in [1.165, 1.54) is 0 Å². The molecule has 2 heterocycles. The van der Waals surface area contributed by atoms with Crippen molar-refractivity contribution < 1.29 is 19.4 Å². The van der Waals surface area contributed by atoms with Crippen molar-refractivity contribution in [1.82, 2.24) is 0 Å². The van der Waals surface area contributed by atoms with Crippen molar-refractivity contribution in [2.45, 2.75) is 38.1 Å². The molecule has 0 fully saturated rings. The van der Waals surface area contributed by atoms with Gasteiger partial charge in [-0.3, -0.25) is 4.79 Å². The molecule has 5 nitrogen and oxygen atoms in total. The minimum atomic E-state index is -0.902. The predicted molar refractivity (Wildman–Crippen MR) is 81.0 cm³/mol. The largest absolute Gasteiger partial charge is 0.493 e. The normalized spacial score (nSPS) is 18.0. The van der Waals surface area contributed by atoms with E-state index in [0.717, 1.165) is 58.3 Å². The molecule has 1 atom stereocenters. The van der Waals surface area contributed by atoms with E-state index in [1.54, 1.807) is 0 Å². The van der Waals surface area contributed by atoms with Gasteiger partial charge in [-0.1, -0.05) is 0 Å². The summed E-state index contributed by atoms with van der Waals surface area (Å²) in [7, 11) is 0. The molecule has 0 amide bonds. The van der Waals surface area contributed by atoms with Crippen LogP contribution in [0.3, 0.4) is 0 Å². The molecule has 0 saturated heterocycles. The van der Waals surface area contributed by atoms with Gasteiger partial charge in [-0.05, 0) is 41.6 Å². The molecule has 1 aromatic rings. The van der Waals surface area contributed by atoms with Gasteiger partial charge in [0.15, 0.2) is 0 Å². The Bertz CT molecular complexity index is 551. The second kappa shape index (κ2) is 5.85. The maximum atomic E-state index is 11.0. The Balaban J connectivity index is 2.17. The SMILES string of the molecule is NC(CC(=O)O)c1c2c(c(Br)c3c1OCCC3)OCCC2. The summed E-state index contributed by atoms with van der Waals surface area (Å²) in [6.45, 7) is 1.32. The Hall–Kier alpha value is -1.27. The lowest BCUT2D eigenvalue weighted by atomic mass is 9.88. The minimum Gasteiger partial charge on any atom is -0.493 e. The Morgan fingerprint density at radius 1 is 1.19 bits per heavy atom. The van der Waals surface area contributed by atoms with Gasteiger partial charge >= 0.3 is 5.97 Å². The molecule has 114 valence electrons. The fourth-order valence-corrected chi connectivity index (χ4v) is 3.84. The Labute approximate surface area is 131 Å². The number of carbonyl (C=O) groups is 1. The lowest BCUT2D eigenvalue weighted by Crippen LogP contribution is -2.23. The van der Waals surface area contributed by atoms with Gasteiger partial charge in [0.1, 0.15) is 11.5 Å². The van der Waals surface area contributed by atoms with E-state index < -0.39 is 12.0 Å². The number of rotatable bonds is 3. The van der Waals surface area contributed by atoms with Crippen LogP contribution >= 0.6 is 15.9 Å². The summed E-state index contributed by atoms with van der Waals surface area (Å²) in [5.41, 5.74) is 9.04. The van der Waals surface area contributed by atoms with Crippen molar-refractivity contribution in [2.24, 2.45) is 5.73 Å². The average molecular weight is 356 g/mol. The highest BCUT2D eigenvalue weighted by Gasteiger charge is 2.31. The standard InChI is InChI=1S/C15H18BrNO4/c16-13-9-4-2-5-20-14(9)12(10(17)7-11(18)19)8-3-1-6-21-15(8)13/h10H,1-7,17H2,(H,18,19). The van der Waals surface area contributed by atoms with Gasteiger partial charge in [-0.15, -0.1) is 0 Å². The molecule has 0 saturated carbocycles. The summed E-state index contributed by atoms with van der Waals surface area (Å²) in [4.78, 5) is 11.0. The van der Waals surface area contributed by atoms with Crippen LogP contribution in [0.4, 0.5) is 0 Å². The first-order valence-corrected chi connectivity index (χ1v) is 7.99. The number of nitrogens with two attached hydrogens (primary N) is 1. The molecule has 0 radical (unpaired) electrons. The third kappa shape index (κ3) is 2.62. The van der Waals surface area contributed by atoms with Gasteiger partial charge in [0, 0.05) is 22.7 Å². The Kier molecular flexibility index (Phi) is 4.08. The van der Waals surface area contributed by atoms with Gasteiger partial charge in [0.2, 0.25) is 0 Å². The quantitative estimate of drug-likeness (QED) is 0.870. The fourth-order valence-electron chi connectivity index (χ4n) is 3.11. The summed E-state index contributed by atoms with van der Waals surface area (Å²) in [6, 6.07) is -0.571. The number of hydrogen-bond acceptors (Lipinski definition) is 4. The molecule has 1 aromatic carbocycles. The molecule has 2 aliphatic heterocycles. The van der Waals surface area contributed by atoms with Crippen LogP contribution in [0.1, 0.15) is 42.0 Å². The summed E-state index contributed by atoms with van der Waals surface area (Å²) >= 11 is 3.62. The first-order chi connectivity index (χ1) is 10.1. The van der Waals surface area contributed by atoms with Gasteiger partial charge in [0.05, 0.1) is 24.1 Å². The van der Waals surface area contributed by atoms with Gasteiger partial charge in [-0.2, -0.15) is 0 Å². The van der Waals surface area contributed by atoms with Crippen LogP contribution in [0.5, 0.6) is 11.5 Å². The number of carboxylic acid groups (broad SMARTS) is 1. The number of hydrogen-bond donors (Lipinski definition) is 2. The van der Waals surface area contributed by atoms with Crippen LogP contribution in [0.25, 0.3) is 0 Å². The van der Waals surface area contributed by atoms with Crippen molar-refractivity contribution in [3.8, 4) is 11.5 Å². The third-order valence-corrected chi connectivity index (χ3v) is 4.82. The zero-order valence-corrected chi connectivity index (χ0v) is 13.2. The molecule has 0 spiro atoms. The van der Waals surface area contributed by atoms with Crippen molar-refractivity contribution in [3.05, 3.63) is 21.2 Å². The zero-order valence-electron chi connectivity index (χ0n) is 11.7. The molecule has 3 rings (SSSR count). The highest BCUT2D eigenvalue weighted by Crippen LogP contribution is 2.48. The van der Waals surface area contributed by atoms with Crippen molar-refractivity contribution >= 4 is 21.9 Å². The third-order valence-electron chi connectivity index (χ3n) is 3.98. The molecule has 6 heteroatoms. The number of benzene rings is 1. The van der Waals surface area contributed by atoms with Gasteiger partial charge in [-0.25, -0.2) is 0 Å². The van der Waals surface area contributed by atoms with Gasteiger partial charge in [0.25, 0.3) is 0 Å². The van der Waals surface area contributed by atoms with Gasteiger partial charge < -0.3 is 20.3 Å². The number of aliphatic carboxylic acids is 1. The number of fused-ring (bicyclic) bond motifs is 2. The molecule has 0 aliphatic carbocycles. The highest BCUT2D eigenvalue weighted by molar-refractivity contribution is 9.10. The van der Waals surface area contributed by atoms with E-state index in [2.05, 4.69) is 15.9 Å². The smallest absolute Gasteiger partial charge is 0.305 e. The highest BCUT2D eigenvalue weighted by atomic mass is 79.9. The summed E-state index contributed by atoms with van der Waals surface area (Å²) in [5, 5.41) is 9.05. The second-order valence-corrected chi connectivity index (χ2v) is 6.24. The number of ether oxygens (including phenoxy) is 2. The van der Waals surface area contributed by atoms with Crippen molar-refractivity contribution in [2.75, 3.05) is 13.2 Å². The van der Waals surface area contributed by atoms with E-state index >= 15 is 0 Å². The molecular weight excluding hydrogens is 338 g/mol. The van der Waals surface area contributed by atoms with Crippen LogP contribution < -0.4 is 15.2 Å². The van der Waals surface area contributed by atoms with Crippen LogP contribution in [0.15, 0.2) is 4.47 Å². The zero-order chi connectivity index (χ0) is 15.0. The fraction of sp³-hybridized carbons (Fsp3) is 0.533. The summed E-state index contributed by atoms with van der Waals surface area (Å²) < 4.78 is 12.6. The molecule has 2 aliphatic rings. The Morgan fingerprint density at radius 3 is 2.48 bits per heavy atom. The first-order valence-electron chi connectivity index (χ1n) is 7.19. The van der Waals surface area contributed by atoms with E-state index in [1.807, 2.05) is 0 Å². The maximum absolute atomic E-state index is 11.0.